The van der Waals surface area contributed by atoms with E-state index >= 15 is 0 Å². The SMILES string of the molecule is CC(=O)Oc1cc(C)c(OC(C)=O)c(C/C=C(\C)CC/C=C(\C)CC/C=C(/CCC=C(C)C)C(=O)O)c1. The lowest BCUT2D eigenvalue weighted by Crippen LogP contribution is -2.07. The van der Waals surface area contributed by atoms with Crippen molar-refractivity contribution in [2.45, 2.75) is 93.4 Å². The van der Waals surface area contributed by atoms with Crippen LogP contribution in [0.3, 0.4) is 0 Å². The number of allylic oxidation sites excluding steroid dienone is 7. The number of rotatable bonds is 14. The fraction of sp³-hybridized carbons (Fsp3) is 0.452. The van der Waals surface area contributed by atoms with Crippen molar-refractivity contribution >= 4 is 17.9 Å². The first-order valence-electron chi connectivity index (χ1n) is 12.8. The Morgan fingerprint density at radius 1 is 0.757 bits per heavy atom. The van der Waals surface area contributed by atoms with Crippen LogP contribution in [0, 0.1) is 6.92 Å². The molecule has 0 aliphatic heterocycles. The van der Waals surface area contributed by atoms with E-state index in [1.54, 1.807) is 12.1 Å². The zero-order valence-corrected chi connectivity index (χ0v) is 23.4. The zero-order chi connectivity index (χ0) is 28.0. The van der Waals surface area contributed by atoms with Crippen LogP contribution >= 0.6 is 0 Å². The van der Waals surface area contributed by atoms with Gasteiger partial charge in [-0.1, -0.05) is 41.0 Å². The molecule has 37 heavy (non-hydrogen) atoms. The van der Waals surface area contributed by atoms with E-state index in [2.05, 4.69) is 32.1 Å². The first-order valence-corrected chi connectivity index (χ1v) is 12.8. The molecule has 0 aliphatic rings. The number of carboxylic acids is 1. The minimum absolute atomic E-state index is 0.399. The lowest BCUT2D eigenvalue weighted by atomic mass is 10.0. The van der Waals surface area contributed by atoms with Gasteiger partial charge in [-0.05, 0) is 97.3 Å². The quantitative estimate of drug-likeness (QED) is 0.120. The van der Waals surface area contributed by atoms with Crippen LogP contribution in [0.2, 0.25) is 0 Å². The van der Waals surface area contributed by atoms with Gasteiger partial charge < -0.3 is 14.6 Å². The number of aryl methyl sites for hydroxylation is 1. The molecule has 0 spiro atoms. The Kier molecular flexibility index (Phi) is 14.0. The molecule has 6 nitrogen and oxygen atoms in total. The third-order valence-corrected chi connectivity index (χ3v) is 5.70. The zero-order valence-electron chi connectivity index (χ0n) is 23.4. The third-order valence-electron chi connectivity index (χ3n) is 5.70. The highest BCUT2D eigenvalue weighted by atomic mass is 16.5. The van der Waals surface area contributed by atoms with Crippen LogP contribution in [0.1, 0.15) is 91.2 Å². The van der Waals surface area contributed by atoms with E-state index in [4.69, 9.17) is 9.47 Å². The summed E-state index contributed by atoms with van der Waals surface area (Å²) in [6.07, 6.45) is 13.3. The summed E-state index contributed by atoms with van der Waals surface area (Å²) < 4.78 is 10.7. The van der Waals surface area contributed by atoms with Crippen LogP contribution in [-0.2, 0) is 20.8 Å². The molecule has 0 radical (unpaired) electrons. The van der Waals surface area contributed by atoms with Crippen LogP contribution < -0.4 is 9.47 Å². The van der Waals surface area contributed by atoms with Crippen molar-refractivity contribution in [1.82, 2.24) is 0 Å². The predicted molar refractivity (Wildman–Crippen MR) is 148 cm³/mol. The van der Waals surface area contributed by atoms with E-state index in [1.807, 2.05) is 26.8 Å². The van der Waals surface area contributed by atoms with Crippen LogP contribution in [0.25, 0.3) is 0 Å². The molecule has 0 atom stereocenters. The minimum atomic E-state index is -0.838. The fourth-order valence-corrected chi connectivity index (χ4v) is 3.80. The summed E-state index contributed by atoms with van der Waals surface area (Å²) in [5.74, 6) is -0.715. The van der Waals surface area contributed by atoms with Crippen LogP contribution in [0.15, 0.2) is 58.7 Å². The second kappa shape index (κ2) is 16.4. The summed E-state index contributed by atoms with van der Waals surface area (Å²) in [5.41, 5.74) is 5.61. The molecule has 1 aromatic rings. The van der Waals surface area contributed by atoms with Crippen molar-refractivity contribution in [1.29, 1.82) is 0 Å². The molecule has 0 unspecified atom stereocenters. The number of carbonyl (C=O) groups is 3. The molecule has 0 bridgehead atoms. The standard InChI is InChI=1S/C31H42O6/c1-21(2)11-8-15-27(31(34)35)16-10-14-22(3)12-9-13-23(4)17-18-28-20-29(36-25(6)32)19-24(5)30(28)37-26(7)33/h11-12,16-17,19-20H,8-10,13-15,18H2,1-7H3,(H,34,35)/b22-12+,23-17+,27-16-. The van der Waals surface area contributed by atoms with Gasteiger partial charge in [0.25, 0.3) is 0 Å². The van der Waals surface area contributed by atoms with Crippen molar-refractivity contribution in [3.8, 4) is 11.5 Å². The first kappa shape index (κ1) is 31.6. The Morgan fingerprint density at radius 3 is 1.89 bits per heavy atom. The Bertz CT molecular complexity index is 1080. The van der Waals surface area contributed by atoms with Gasteiger partial charge in [-0.15, -0.1) is 0 Å². The van der Waals surface area contributed by atoms with Gasteiger partial charge in [0, 0.05) is 25.0 Å². The van der Waals surface area contributed by atoms with Gasteiger partial charge in [-0.2, -0.15) is 0 Å². The van der Waals surface area contributed by atoms with Crippen molar-refractivity contribution in [2.75, 3.05) is 0 Å². The maximum atomic E-state index is 11.6. The number of ether oxygens (including phenoxy) is 2. The maximum Gasteiger partial charge on any atom is 0.331 e. The lowest BCUT2D eigenvalue weighted by Gasteiger charge is -2.13. The molecular formula is C31H42O6. The van der Waals surface area contributed by atoms with Gasteiger partial charge in [0.1, 0.15) is 11.5 Å². The normalized spacial score (nSPS) is 12.2. The molecule has 1 N–H and O–H groups in total. The molecule has 0 fully saturated rings. The van der Waals surface area contributed by atoms with Crippen molar-refractivity contribution in [3.63, 3.8) is 0 Å². The van der Waals surface area contributed by atoms with Gasteiger partial charge in [-0.25, -0.2) is 4.79 Å². The number of hydrogen-bond acceptors (Lipinski definition) is 5. The number of esters is 2. The molecule has 6 heteroatoms. The average Bonchev–Trinajstić information content (AvgIpc) is 2.77. The highest BCUT2D eigenvalue weighted by Gasteiger charge is 2.13. The third kappa shape index (κ3) is 13.5. The average molecular weight is 511 g/mol. The number of aliphatic carboxylic acids is 1. The number of benzene rings is 1. The largest absolute Gasteiger partial charge is 0.478 e. The summed E-state index contributed by atoms with van der Waals surface area (Å²) in [6.45, 7) is 12.7. The molecule has 202 valence electrons. The second-order valence-electron chi connectivity index (χ2n) is 9.65. The molecular weight excluding hydrogens is 468 g/mol. The molecule has 1 rings (SSSR count). The Labute approximate surface area is 221 Å². The highest BCUT2D eigenvalue weighted by molar-refractivity contribution is 5.86. The van der Waals surface area contributed by atoms with Gasteiger partial charge in [0.2, 0.25) is 0 Å². The van der Waals surface area contributed by atoms with E-state index in [0.717, 1.165) is 36.8 Å². The summed E-state index contributed by atoms with van der Waals surface area (Å²) in [5, 5.41) is 9.41. The van der Waals surface area contributed by atoms with Crippen LogP contribution in [0.4, 0.5) is 0 Å². The van der Waals surface area contributed by atoms with Crippen LogP contribution in [-0.4, -0.2) is 23.0 Å². The van der Waals surface area contributed by atoms with E-state index in [1.165, 1.54) is 30.6 Å². The van der Waals surface area contributed by atoms with Crippen molar-refractivity contribution in [3.05, 3.63) is 69.9 Å². The smallest absolute Gasteiger partial charge is 0.331 e. The van der Waals surface area contributed by atoms with Gasteiger partial charge in [0.05, 0.1) is 0 Å². The summed E-state index contributed by atoms with van der Waals surface area (Å²) >= 11 is 0. The topological polar surface area (TPSA) is 89.9 Å². The van der Waals surface area contributed by atoms with Gasteiger partial charge in [0.15, 0.2) is 0 Å². The molecule has 0 saturated carbocycles. The summed E-state index contributed by atoms with van der Waals surface area (Å²) in [7, 11) is 0. The Hall–Kier alpha value is -3.41. The second-order valence-corrected chi connectivity index (χ2v) is 9.65. The molecule has 1 aromatic carbocycles. The van der Waals surface area contributed by atoms with Gasteiger partial charge >= 0.3 is 17.9 Å². The molecule has 0 amide bonds. The van der Waals surface area contributed by atoms with Crippen molar-refractivity contribution < 1.29 is 29.0 Å². The maximum absolute atomic E-state index is 11.6. The lowest BCUT2D eigenvalue weighted by molar-refractivity contribution is -0.133. The summed E-state index contributed by atoms with van der Waals surface area (Å²) in [4.78, 5) is 34.4. The van der Waals surface area contributed by atoms with E-state index in [9.17, 15) is 19.5 Å². The monoisotopic (exact) mass is 510 g/mol. The predicted octanol–water partition coefficient (Wildman–Crippen LogP) is 7.60. The Balaban J connectivity index is 2.74. The number of carbonyl (C=O) groups excluding carboxylic acids is 2. The fourth-order valence-electron chi connectivity index (χ4n) is 3.80. The van der Waals surface area contributed by atoms with E-state index in [-0.39, 0.29) is 0 Å². The first-order chi connectivity index (χ1) is 17.4. The molecule has 0 aliphatic carbocycles. The molecule has 0 saturated heterocycles. The minimum Gasteiger partial charge on any atom is -0.478 e. The summed E-state index contributed by atoms with van der Waals surface area (Å²) in [6, 6.07) is 3.42. The van der Waals surface area contributed by atoms with Gasteiger partial charge in [-0.3, -0.25) is 9.59 Å². The highest BCUT2D eigenvalue weighted by Crippen LogP contribution is 2.30. The number of hydrogen-bond donors (Lipinski definition) is 1. The van der Waals surface area contributed by atoms with Crippen LogP contribution in [0.5, 0.6) is 11.5 Å². The molecule has 0 heterocycles. The molecule has 0 aromatic heterocycles. The van der Waals surface area contributed by atoms with Crippen molar-refractivity contribution in [2.24, 2.45) is 0 Å². The van der Waals surface area contributed by atoms with E-state index < -0.39 is 17.9 Å². The van der Waals surface area contributed by atoms with E-state index in [0.29, 0.717) is 36.3 Å². The Morgan fingerprint density at radius 2 is 1.32 bits per heavy atom. The number of carboxylic acid groups (broad SMARTS) is 1.